The van der Waals surface area contributed by atoms with Crippen molar-refractivity contribution in [2.45, 2.75) is 45.6 Å². The number of aromatic nitrogens is 3. The maximum Gasteiger partial charge on any atom is 0.305 e. The van der Waals surface area contributed by atoms with Crippen LogP contribution in [0.1, 0.15) is 49.3 Å². The fourth-order valence-corrected chi connectivity index (χ4v) is 3.81. The molecule has 1 amide bonds. The monoisotopic (exact) mass is 394 g/mol. The molecule has 0 aliphatic carbocycles. The van der Waals surface area contributed by atoms with Gasteiger partial charge in [-0.3, -0.25) is 14.5 Å². The van der Waals surface area contributed by atoms with Crippen molar-refractivity contribution < 1.29 is 14.7 Å². The van der Waals surface area contributed by atoms with Crippen molar-refractivity contribution in [2.75, 3.05) is 4.90 Å². The average Bonchev–Trinajstić information content (AvgIpc) is 3.00. The number of hydrogen-bond acceptors (Lipinski definition) is 4. The molecule has 0 saturated carbocycles. The Morgan fingerprint density at radius 2 is 1.90 bits per heavy atom. The second-order valence-corrected chi connectivity index (χ2v) is 7.25. The normalized spacial score (nSPS) is 11.6. The fraction of sp³-hybridized carbons (Fsp3) is 0.364. The van der Waals surface area contributed by atoms with Crippen LogP contribution < -0.4 is 4.90 Å². The van der Waals surface area contributed by atoms with E-state index in [4.69, 9.17) is 0 Å². The molecule has 1 N–H and O–H groups in total. The lowest BCUT2D eigenvalue weighted by atomic mass is 9.86. The number of hydrogen-bond donors (Lipinski definition) is 1. The second kappa shape index (κ2) is 8.03. The molecular weight excluding hydrogens is 368 g/mol. The van der Waals surface area contributed by atoms with Gasteiger partial charge in [0.25, 0.3) is 5.91 Å². The number of carboxylic acid groups (broad SMARTS) is 1. The summed E-state index contributed by atoms with van der Waals surface area (Å²) in [5.74, 6) is 0.0744. The molecule has 0 spiro atoms. The Bertz CT molecular complexity index is 1040. The maximum absolute atomic E-state index is 13.7. The highest BCUT2D eigenvalue weighted by atomic mass is 16.4. The van der Waals surface area contributed by atoms with Crippen molar-refractivity contribution in [2.24, 2.45) is 7.05 Å². The topological polar surface area (TPSA) is 88.3 Å². The summed E-state index contributed by atoms with van der Waals surface area (Å²) in [6.45, 7) is 5.72. The van der Waals surface area contributed by atoms with E-state index in [0.717, 1.165) is 16.9 Å². The Balaban J connectivity index is 2.15. The molecule has 2 heterocycles. The van der Waals surface area contributed by atoms with Crippen LogP contribution in [0.25, 0.3) is 11.0 Å². The third-order valence-electron chi connectivity index (χ3n) is 5.70. The molecule has 0 unspecified atom stereocenters. The van der Waals surface area contributed by atoms with Crippen LogP contribution in [0, 0.1) is 6.92 Å². The summed E-state index contributed by atoms with van der Waals surface area (Å²) in [4.78, 5) is 35.8. The van der Waals surface area contributed by atoms with Crippen molar-refractivity contribution >= 4 is 28.7 Å². The minimum atomic E-state index is -0.946. The highest BCUT2D eigenvalue weighted by Crippen LogP contribution is 2.34. The molecule has 152 valence electrons. The molecule has 0 saturated heterocycles. The molecule has 2 aromatic heterocycles. The van der Waals surface area contributed by atoms with E-state index in [1.165, 1.54) is 0 Å². The van der Waals surface area contributed by atoms with E-state index < -0.39 is 11.5 Å². The van der Waals surface area contributed by atoms with Crippen LogP contribution in [-0.4, -0.2) is 37.1 Å². The first-order valence-corrected chi connectivity index (χ1v) is 9.73. The van der Waals surface area contributed by atoms with Gasteiger partial charge >= 0.3 is 5.97 Å². The zero-order valence-electron chi connectivity index (χ0n) is 17.2. The quantitative estimate of drug-likeness (QED) is 0.655. The molecule has 0 aliphatic rings. The minimum absolute atomic E-state index is 0.159. The van der Waals surface area contributed by atoms with E-state index >= 15 is 0 Å². The van der Waals surface area contributed by atoms with Gasteiger partial charge in [0.2, 0.25) is 0 Å². The van der Waals surface area contributed by atoms with Crippen molar-refractivity contribution in [1.29, 1.82) is 0 Å². The number of aryl methyl sites for hydroxylation is 2. The van der Waals surface area contributed by atoms with Gasteiger partial charge in [0.1, 0.15) is 11.6 Å². The summed E-state index contributed by atoms with van der Waals surface area (Å²) < 4.78 is 1.97. The summed E-state index contributed by atoms with van der Waals surface area (Å²) in [6, 6.07) is 10.7. The van der Waals surface area contributed by atoms with Crippen LogP contribution in [0.2, 0.25) is 0 Å². The minimum Gasteiger partial charge on any atom is -0.481 e. The van der Waals surface area contributed by atoms with Gasteiger partial charge in [0.05, 0.1) is 23.0 Å². The Morgan fingerprint density at radius 3 is 2.48 bits per heavy atom. The number of benzene rings is 1. The van der Waals surface area contributed by atoms with Crippen LogP contribution in [-0.2, 0) is 11.8 Å². The zero-order valence-corrected chi connectivity index (χ0v) is 17.2. The molecular formula is C22H26N4O3. The zero-order chi connectivity index (χ0) is 21.2. The van der Waals surface area contributed by atoms with E-state index in [-0.39, 0.29) is 12.3 Å². The second-order valence-electron chi connectivity index (χ2n) is 7.25. The number of carbonyl (C=O) groups is 2. The summed E-state index contributed by atoms with van der Waals surface area (Å²) in [6.07, 6.45) is 2.43. The van der Waals surface area contributed by atoms with Crippen molar-refractivity contribution in [3.05, 3.63) is 54.0 Å². The molecule has 7 heteroatoms. The summed E-state index contributed by atoms with van der Waals surface area (Å²) in [5.41, 5.74) is 1.24. The van der Waals surface area contributed by atoms with Crippen molar-refractivity contribution in [3.8, 4) is 0 Å². The van der Waals surface area contributed by atoms with Crippen LogP contribution >= 0.6 is 0 Å². The SMILES string of the molecule is CCC(CC)(CC(=O)O)N(C(=O)c1ccc2c(c1)nc(C)n2C)c1ccccn1. The van der Waals surface area contributed by atoms with E-state index in [1.54, 1.807) is 41.4 Å². The molecule has 29 heavy (non-hydrogen) atoms. The Morgan fingerprint density at radius 1 is 1.17 bits per heavy atom. The summed E-state index contributed by atoms with van der Waals surface area (Å²) in [7, 11) is 1.93. The van der Waals surface area contributed by atoms with Crippen molar-refractivity contribution in [1.82, 2.24) is 14.5 Å². The van der Waals surface area contributed by atoms with Gasteiger partial charge in [0.15, 0.2) is 0 Å². The number of imidazole rings is 1. The van der Waals surface area contributed by atoms with Gasteiger partial charge in [0, 0.05) is 18.8 Å². The van der Waals surface area contributed by atoms with E-state index in [0.29, 0.717) is 24.2 Å². The number of amides is 1. The van der Waals surface area contributed by atoms with Crippen LogP contribution in [0.4, 0.5) is 5.82 Å². The summed E-state index contributed by atoms with van der Waals surface area (Å²) in [5, 5.41) is 9.56. The van der Waals surface area contributed by atoms with Crippen molar-refractivity contribution in [3.63, 3.8) is 0 Å². The van der Waals surface area contributed by atoms with Gasteiger partial charge in [-0.2, -0.15) is 0 Å². The predicted octanol–water partition coefficient (Wildman–Crippen LogP) is 3.96. The standard InChI is InChI=1S/C22H26N4O3/c1-5-22(6-2,14-20(27)28)26(19-9-7-8-12-23-19)21(29)16-10-11-18-17(13-16)24-15(3)25(18)4/h7-13H,5-6,14H2,1-4H3,(H,27,28). The Labute approximate surface area is 170 Å². The predicted molar refractivity (Wildman–Crippen MR) is 112 cm³/mol. The van der Waals surface area contributed by atoms with Gasteiger partial charge in [-0.15, -0.1) is 0 Å². The number of pyridine rings is 1. The molecule has 0 fully saturated rings. The highest BCUT2D eigenvalue weighted by Gasteiger charge is 2.41. The lowest BCUT2D eigenvalue weighted by Gasteiger charge is -2.41. The first-order valence-electron chi connectivity index (χ1n) is 9.73. The maximum atomic E-state index is 13.7. The number of rotatable bonds is 7. The number of aliphatic carboxylic acids is 1. The first-order chi connectivity index (χ1) is 13.8. The average molecular weight is 394 g/mol. The van der Waals surface area contributed by atoms with Crippen LogP contribution in [0.3, 0.4) is 0 Å². The third kappa shape index (κ3) is 3.72. The number of anilines is 1. The molecule has 0 bridgehead atoms. The van der Waals surface area contributed by atoms with Gasteiger partial charge in [-0.25, -0.2) is 9.97 Å². The molecule has 0 atom stereocenters. The summed E-state index contributed by atoms with van der Waals surface area (Å²) >= 11 is 0. The molecule has 7 nitrogen and oxygen atoms in total. The van der Waals surface area contributed by atoms with Crippen LogP contribution in [0.5, 0.6) is 0 Å². The third-order valence-corrected chi connectivity index (χ3v) is 5.70. The van der Waals surface area contributed by atoms with E-state index in [9.17, 15) is 14.7 Å². The van der Waals surface area contributed by atoms with Gasteiger partial charge in [-0.05, 0) is 50.1 Å². The molecule has 0 radical (unpaired) electrons. The molecule has 3 aromatic rings. The van der Waals surface area contributed by atoms with Gasteiger partial charge in [-0.1, -0.05) is 19.9 Å². The van der Waals surface area contributed by atoms with E-state index in [2.05, 4.69) is 9.97 Å². The Hall–Kier alpha value is -3.22. The number of carbonyl (C=O) groups excluding carboxylic acids is 1. The van der Waals surface area contributed by atoms with Gasteiger partial charge < -0.3 is 9.67 Å². The fourth-order valence-electron chi connectivity index (χ4n) is 3.81. The number of fused-ring (bicyclic) bond motifs is 1. The molecule has 3 rings (SSSR count). The number of carboxylic acids is 1. The number of nitrogens with zero attached hydrogens (tertiary/aromatic N) is 4. The smallest absolute Gasteiger partial charge is 0.305 e. The highest BCUT2D eigenvalue weighted by molar-refractivity contribution is 6.08. The largest absolute Gasteiger partial charge is 0.481 e. The molecule has 1 aromatic carbocycles. The lowest BCUT2D eigenvalue weighted by Crippen LogP contribution is -2.53. The first kappa shape index (κ1) is 20.5. The van der Waals surface area contributed by atoms with Crippen LogP contribution in [0.15, 0.2) is 42.6 Å². The Kier molecular flexibility index (Phi) is 5.68. The molecule has 0 aliphatic heterocycles. The lowest BCUT2D eigenvalue weighted by molar-refractivity contribution is -0.138. The van der Waals surface area contributed by atoms with E-state index in [1.807, 2.05) is 38.5 Å².